The molecule has 0 bridgehead atoms. The number of piperidine rings is 1. The Morgan fingerprint density at radius 2 is 1.96 bits per heavy atom. The Kier molecular flexibility index (Phi) is 5.27. The number of likely N-dealkylation sites (tertiary alicyclic amines) is 1. The summed E-state index contributed by atoms with van der Waals surface area (Å²) in [5.74, 6) is -0.186. The quantitative estimate of drug-likeness (QED) is 0.896. The number of benzene rings is 1. The van der Waals surface area contributed by atoms with Gasteiger partial charge in [-0.2, -0.15) is 0 Å². The van der Waals surface area contributed by atoms with Crippen LogP contribution in [0.2, 0.25) is 0 Å². The molecule has 136 valence electrons. The minimum atomic E-state index is -0.173. The Hall–Kier alpha value is -2.08. The molecule has 2 heterocycles. The zero-order valence-corrected chi connectivity index (χ0v) is 15.0. The van der Waals surface area contributed by atoms with Crippen LogP contribution in [0.3, 0.4) is 0 Å². The number of rotatable bonds is 4. The molecule has 2 amide bonds. The summed E-state index contributed by atoms with van der Waals surface area (Å²) in [6.45, 7) is 3.63. The standard InChI is InChI=1S/C19H27N3O3/c1-15(23)20-13-18(24)22-10-8-19(9-11-22)12-17(14-25-19)21(2)16-6-4-3-5-7-16/h3-7,17H,8-14H2,1-2H3,(H,20,23)/t17-/m0/s1. The maximum atomic E-state index is 12.1. The van der Waals surface area contributed by atoms with E-state index in [4.69, 9.17) is 4.74 Å². The third-order valence-electron chi connectivity index (χ3n) is 5.42. The average molecular weight is 345 g/mol. The van der Waals surface area contributed by atoms with E-state index in [1.807, 2.05) is 11.0 Å². The van der Waals surface area contributed by atoms with Crippen molar-refractivity contribution in [3.63, 3.8) is 0 Å². The van der Waals surface area contributed by atoms with Gasteiger partial charge in [-0.15, -0.1) is 0 Å². The molecule has 1 aromatic carbocycles. The lowest BCUT2D eigenvalue weighted by Gasteiger charge is -2.39. The maximum absolute atomic E-state index is 12.1. The van der Waals surface area contributed by atoms with Crippen molar-refractivity contribution in [2.45, 2.75) is 37.8 Å². The number of amides is 2. The molecule has 25 heavy (non-hydrogen) atoms. The molecular formula is C19H27N3O3. The molecule has 0 unspecified atom stereocenters. The van der Waals surface area contributed by atoms with Crippen LogP contribution in [0, 0.1) is 0 Å². The first-order chi connectivity index (χ1) is 12.0. The van der Waals surface area contributed by atoms with Gasteiger partial charge in [0.2, 0.25) is 11.8 Å². The highest BCUT2D eigenvalue weighted by Crippen LogP contribution is 2.38. The second-order valence-electron chi connectivity index (χ2n) is 7.09. The first-order valence-corrected chi connectivity index (χ1v) is 8.93. The maximum Gasteiger partial charge on any atom is 0.241 e. The summed E-state index contributed by atoms with van der Waals surface area (Å²) in [6, 6.07) is 10.7. The second-order valence-corrected chi connectivity index (χ2v) is 7.09. The van der Waals surface area contributed by atoms with Crippen LogP contribution in [-0.2, 0) is 14.3 Å². The largest absolute Gasteiger partial charge is 0.373 e. The van der Waals surface area contributed by atoms with E-state index >= 15 is 0 Å². The highest BCUT2D eigenvalue weighted by molar-refractivity contribution is 5.83. The van der Waals surface area contributed by atoms with Gasteiger partial charge in [0.1, 0.15) is 0 Å². The summed E-state index contributed by atoms with van der Waals surface area (Å²) >= 11 is 0. The number of carbonyl (C=O) groups excluding carboxylic acids is 2. The molecule has 2 fully saturated rings. The molecule has 1 spiro atoms. The van der Waals surface area contributed by atoms with Crippen LogP contribution in [0.5, 0.6) is 0 Å². The van der Waals surface area contributed by atoms with E-state index in [1.54, 1.807) is 0 Å². The van der Waals surface area contributed by atoms with Crippen molar-refractivity contribution in [2.24, 2.45) is 0 Å². The fourth-order valence-corrected chi connectivity index (χ4v) is 3.77. The zero-order chi connectivity index (χ0) is 17.9. The lowest BCUT2D eigenvalue weighted by molar-refractivity contribution is -0.136. The van der Waals surface area contributed by atoms with Crippen molar-refractivity contribution < 1.29 is 14.3 Å². The smallest absolute Gasteiger partial charge is 0.241 e. The molecule has 1 N–H and O–H groups in total. The average Bonchev–Trinajstić information content (AvgIpc) is 3.04. The fourth-order valence-electron chi connectivity index (χ4n) is 3.77. The zero-order valence-electron chi connectivity index (χ0n) is 15.0. The Morgan fingerprint density at radius 1 is 1.28 bits per heavy atom. The molecule has 6 nitrogen and oxygen atoms in total. The van der Waals surface area contributed by atoms with E-state index in [0.717, 1.165) is 25.9 Å². The van der Waals surface area contributed by atoms with E-state index in [2.05, 4.69) is 41.5 Å². The van der Waals surface area contributed by atoms with Crippen LogP contribution in [0.15, 0.2) is 30.3 Å². The molecule has 0 aromatic heterocycles. The first kappa shape index (κ1) is 17.7. The highest BCUT2D eigenvalue weighted by Gasteiger charge is 2.44. The highest BCUT2D eigenvalue weighted by atomic mass is 16.5. The monoisotopic (exact) mass is 345 g/mol. The van der Waals surface area contributed by atoms with E-state index in [0.29, 0.717) is 19.1 Å². The van der Waals surface area contributed by atoms with Crippen LogP contribution < -0.4 is 10.2 Å². The number of anilines is 1. The number of nitrogens with one attached hydrogen (secondary N) is 1. The van der Waals surface area contributed by atoms with E-state index in [-0.39, 0.29) is 24.0 Å². The van der Waals surface area contributed by atoms with Crippen LogP contribution in [0.4, 0.5) is 5.69 Å². The Labute approximate surface area is 149 Å². The van der Waals surface area contributed by atoms with Gasteiger partial charge < -0.3 is 19.9 Å². The molecule has 0 radical (unpaired) electrons. The van der Waals surface area contributed by atoms with Gasteiger partial charge in [-0.1, -0.05) is 18.2 Å². The number of hydrogen-bond donors (Lipinski definition) is 1. The number of ether oxygens (including phenoxy) is 1. The number of para-hydroxylation sites is 1. The van der Waals surface area contributed by atoms with Crippen LogP contribution >= 0.6 is 0 Å². The van der Waals surface area contributed by atoms with Crippen LogP contribution in [-0.4, -0.2) is 61.6 Å². The first-order valence-electron chi connectivity index (χ1n) is 8.93. The number of nitrogens with zero attached hydrogens (tertiary/aromatic N) is 2. The SMILES string of the molecule is CC(=O)NCC(=O)N1CCC2(CC1)C[C@H](N(C)c1ccccc1)CO2. The van der Waals surface area contributed by atoms with Gasteiger partial charge in [-0.3, -0.25) is 9.59 Å². The van der Waals surface area contributed by atoms with Gasteiger partial charge in [0, 0.05) is 32.7 Å². The molecule has 1 aromatic rings. The Bertz CT molecular complexity index is 612. The van der Waals surface area contributed by atoms with Crippen molar-refractivity contribution in [3.05, 3.63) is 30.3 Å². The van der Waals surface area contributed by atoms with Gasteiger partial charge >= 0.3 is 0 Å². The van der Waals surface area contributed by atoms with Crippen LogP contribution in [0.1, 0.15) is 26.2 Å². The molecule has 2 saturated heterocycles. The lowest BCUT2D eigenvalue weighted by atomic mass is 9.87. The molecule has 0 saturated carbocycles. The third-order valence-corrected chi connectivity index (χ3v) is 5.42. The topological polar surface area (TPSA) is 61.9 Å². The predicted octanol–water partition coefficient (Wildman–Crippen LogP) is 1.41. The Morgan fingerprint density at radius 3 is 2.60 bits per heavy atom. The van der Waals surface area contributed by atoms with Crippen molar-refractivity contribution in [2.75, 3.05) is 38.2 Å². The minimum absolute atomic E-state index is 0.0130. The van der Waals surface area contributed by atoms with Gasteiger partial charge in [-0.25, -0.2) is 0 Å². The van der Waals surface area contributed by atoms with Gasteiger partial charge in [0.15, 0.2) is 0 Å². The summed E-state index contributed by atoms with van der Waals surface area (Å²) in [5, 5.41) is 2.58. The van der Waals surface area contributed by atoms with E-state index < -0.39 is 0 Å². The summed E-state index contributed by atoms with van der Waals surface area (Å²) < 4.78 is 6.21. The molecule has 6 heteroatoms. The van der Waals surface area contributed by atoms with Crippen molar-refractivity contribution >= 4 is 17.5 Å². The number of hydrogen-bond acceptors (Lipinski definition) is 4. The summed E-state index contributed by atoms with van der Waals surface area (Å²) in [6.07, 6.45) is 2.71. The van der Waals surface area contributed by atoms with Gasteiger partial charge in [-0.05, 0) is 31.4 Å². The Balaban J connectivity index is 1.52. The van der Waals surface area contributed by atoms with Crippen molar-refractivity contribution in [1.29, 1.82) is 0 Å². The molecule has 2 aliphatic heterocycles. The summed E-state index contributed by atoms with van der Waals surface area (Å²) in [7, 11) is 2.12. The van der Waals surface area contributed by atoms with Crippen LogP contribution in [0.25, 0.3) is 0 Å². The van der Waals surface area contributed by atoms with E-state index in [9.17, 15) is 9.59 Å². The lowest BCUT2D eigenvalue weighted by Crippen LogP contribution is -2.49. The number of likely N-dealkylation sites (N-methyl/N-ethyl adjacent to an activating group) is 1. The second kappa shape index (κ2) is 7.44. The van der Waals surface area contributed by atoms with Crippen molar-refractivity contribution in [1.82, 2.24) is 10.2 Å². The summed E-state index contributed by atoms with van der Waals surface area (Å²) in [4.78, 5) is 27.2. The number of carbonyl (C=O) groups is 2. The van der Waals surface area contributed by atoms with E-state index in [1.165, 1.54) is 12.6 Å². The molecule has 1 atom stereocenters. The minimum Gasteiger partial charge on any atom is -0.373 e. The fraction of sp³-hybridized carbons (Fsp3) is 0.579. The molecule has 0 aliphatic carbocycles. The predicted molar refractivity (Wildman–Crippen MR) is 96.4 cm³/mol. The van der Waals surface area contributed by atoms with Crippen molar-refractivity contribution in [3.8, 4) is 0 Å². The summed E-state index contributed by atoms with van der Waals surface area (Å²) in [5.41, 5.74) is 1.09. The van der Waals surface area contributed by atoms with Gasteiger partial charge in [0.05, 0.1) is 24.8 Å². The third kappa shape index (κ3) is 4.12. The molecule has 2 aliphatic rings. The van der Waals surface area contributed by atoms with Gasteiger partial charge in [0.25, 0.3) is 0 Å². The normalized spacial score (nSPS) is 22.0. The molecule has 3 rings (SSSR count). The molecular weight excluding hydrogens is 318 g/mol.